The van der Waals surface area contributed by atoms with E-state index in [1.165, 1.54) is 16.7 Å². The second kappa shape index (κ2) is 6.36. The summed E-state index contributed by atoms with van der Waals surface area (Å²) in [5.41, 5.74) is 3.72. The molecule has 0 radical (unpaired) electrons. The standard InChI is InChI=1S/C17H20O/c1-3-12-18-17(15-9-5-4-6-10-15)16-11-7-8-14(2)13-16/h4-11,13,17H,3,12H2,1-2H3. The van der Waals surface area contributed by atoms with Gasteiger partial charge in [0, 0.05) is 6.61 Å². The molecule has 0 saturated heterocycles. The molecule has 0 aliphatic carbocycles. The van der Waals surface area contributed by atoms with E-state index in [9.17, 15) is 0 Å². The van der Waals surface area contributed by atoms with Crippen molar-refractivity contribution in [3.8, 4) is 0 Å². The molecule has 0 amide bonds. The molecule has 0 N–H and O–H groups in total. The Morgan fingerprint density at radius 2 is 1.67 bits per heavy atom. The SMILES string of the molecule is CCCOC(c1ccccc1)c1cccc(C)c1. The van der Waals surface area contributed by atoms with Crippen molar-refractivity contribution in [1.29, 1.82) is 0 Å². The smallest absolute Gasteiger partial charge is 0.108 e. The third-order valence-corrected chi connectivity index (χ3v) is 2.94. The van der Waals surface area contributed by atoms with Gasteiger partial charge in [0.05, 0.1) is 0 Å². The molecule has 1 unspecified atom stereocenters. The summed E-state index contributed by atoms with van der Waals surface area (Å²) in [5, 5.41) is 0. The monoisotopic (exact) mass is 240 g/mol. The lowest BCUT2D eigenvalue weighted by Gasteiger charge is -2.19. The van der Waals surface area contributed by atoms with Crippen LogP contribution in [0.2, 0.25) is 0 Å². The zero-order valence-corrected chi connectivity index (χ0v) is 11.1. The number of aryl methyl sites for hydroxylation is 1. The molecule has 1 nitrogen and oxygen atoms in total. The fourth-order valence-corrected chi connectivity index (χ4v) is 2.08. The van der Waals surface area contributed by atoms with E-state index in [0.29, 0.717) is 0 Å². The highest BCUT2D eigenvalue weighted by molar-refractivity contribution is 5.32. The molecule has 0 heterocycles. The second-order valence-electron chi connectivity index (χ2n) is 4.58. The first-order chi connectivity index (χ1) is 8.81. The van der Waals surface area contributed by atoms with Crippen molar-refractivity contribution in [2.45, 2.75) is 26.4 Å². The Hall–Kier alpha value is -1.60. The van der Waals surface area contributed by atoms with Gasteiger partial charge in [0.15, 0.2) is 0 Å². The maximum Gasteiger partial charge on any atom is 0.108 e. The summed E-state index contributed by atoms with van der Waals surface area (Å²) in [6.07, 6.45) is 1.08. The predicted octanol–water partition coefficient (Wildman–Crippen LogP) is 4.51. The van der Waals surface area contributed by atoms with Crippen molar-refractivity contribution in [2.24, 2.45) is 0 Å². The highest BCUT2D eigenvalue weighted by Gasteiger charge is 2.13. The summed E-state index contributed by atoms with van der Waals surface area (Å²) in [6, 6.07) is 19.0. The topological polar surface area (TPSA) is 9.23 Å². The number of benzene rings is 2. The molecule has 0 aromatic heterocycles. The Labute approximate surface area is 109 Å². The molecule has 0 spiro atoms. The highest BCUT2D eigenvalue weighted by atomic mass is 16.5. The number of rotatable bonds is 5. The molecular weight excluding hydrogens is 220 g/mol. The van der Waals surface area contributed by atoms with Gasteiger partial charge >= 0.3 is 0 Å². The zero-order valence-electron chi connectivity index (χ0n) is 11.1. The maximum atomic E-state index is 6.02. The molecule has 2 aromatic rings. The van der Waals surface area contributed by atoms with E-state index in [2.05, 4.69) is 62.4 Å². The molecule has 18 heavy (non-hydrogen) atoms. The van der Waals surface area contributed by atoms with Crippen LogP contribution in [0.3, 0.4) is 0 Å². The summed E-state index contributed by atoms with van der Waals surface area (Å²) < 4.78 is 6.02. The predicted molar refractivity (Wildman–Crippen MR) is 75.7 cm³/mol. The lowest BCUT2D eigenvalue weighted by Crippen LogP contribution is -2.07. The first-order valence-electron chi connectivity index (χ1n) is 6.54. The molecule has 0 bridgehead atoms. The first-order valence-corrected chi connectivity index (χ1v) is 6.54. The number of ether oxygens (including phenoxy) is 1. The van der Waals surface area contributed by atoms with E-state index in [1.54, 1.807) is 0 Å². The van der Waals surface area contributed by atoms with Crippen molar-refractivity contribution >= 4 is 0 Å². The van der Waals surface area contributed by atoms with Gasteiger partial charge in [-0.05, 0) is 24.5 Å². The van der Waals surface area contributed by atoms with Gasteiger partial charge in [0.1, 0.15) is 6.10 Å². The molecule has 0 aliphatic heterocycles. The van der Waals surface area contributed by atoms with Crippen molar-refractivity contribution in [1.82, 2.24) is 0 Å². The molecule has 2 aromatic carbocycles. The van der Waals surface area contributed by atoms with Crippen molar-refractivity contribution in [2.75, 3.05) is 6.61 Å². The van der Waals surface area contributed by atoms with Gasteiger partial charge in [0.25, 0.3) is 0 Å². The van der Waals surface area contributed by atoms with Gasteiger partial charge in [-0.25, -0.2) is 0 Å². The van der Waals surface area contributed by atoms with Gasteiger partial charge < -0.3 is 4.74 Å². The fourth-order valence-electron chi connectivity index (χ4n) is 2.08. The number of hydrogen-bond donors (Lipinski definition) is 0. The van der Waals surface area contributed by atoms with Gasteiger partial charge in [0.2, 0.25) is 0 Å². The summed E-state index contributed by atoms with van der Waals surface area (Å²) in [7, 11) is 0. The van der Waals surface area contributed by atoms with E-state index in [-0.39, 0.29) is 6.10 Å². The zero-order chi connectivity index (χ0) is 12.8. The third-order valence-electron chi connectivity index (χ3n) is 2.94. The van der Waals surface area contributed by atoms with Crippen LogP contribution in [-0.4, -0.2) is 6.61 Å². The van der Waals surface area contributed by atoms with Crippen LogP contribution in [0.25, 0.3) is 0 Å². The van der Waals surface area contributed by atoms with Crippen molar-refractivity contribution in [3.05, 3.63) is 71.3 Å². The fraction of sp³-hybridized carbons (Fsp3) is 0.294. The molecule has 1 atom stereocenters. The van der Waals surface area contributed by atoms with Crippen molar-refractivity contribution < 1.29 is 4.74 Å². The normalized spacial score (nSPS) is 12.3. The molecule has 94 valence electrons. The van der Waals surface area contributed by atoms with Crippen LogP contribution in [0.5, 0.6) is 0 Å². The molecule has 1 heteroatoms. The van der Waals surface area contributed by atoms with Crippen LogP contribution in [0, 0.1) is 6.92 Å². The summed E-state index contributed by atoms with van der Waals surface area (Å²) in [4.78, 5) is 0. The molecule has 0 aliphatic rings. The minimum Gasteiger partial charge on any atom is -0.369 e. The summed E-state index contributed by atoms with van der Waals surface area (Å²) in [6.45, 7) is 5.04. The van der Waals surface area contributed by atoms with Gasteiger partial charge in [-0.1, -0.05) is 67.1 Å². The van der Waals surface area contributed by atoms with Crippen LogP contribution in [0.15, 0.2) is 54.6 Å². The van der Waals surface area contributed by atoms with Crippen LogP contribution in [0.4, 0.5) is 0 Å². The Bertz CT molecular complexity index is 476. The van der Waals surface area contributed by atoms with Crippen LogP contribution < -0.4 is 0 Å². The third kappa shape index (κ3) is 3.21. The van der Waals surface area contributed by atoms with Crippen LogP contribution in [0.1, 0.15) is 36.1 Å². The molecule has 0 saturated carbocycles. The minimum atomic E-state index is 0.0473. The average molecular weight is 240 g/mol. The molecular formula is C17H20O. The lowest BCUT2D eigenvalue weighted by molar-refractivity contribution is 0.0806. The van der Waals surface area contributed by atoms with Gasteiger partial charge in [-0.2, -0.15) is 0 Å². The number of hydrogen-bond acceptors (Lipinski definition) is 1. The largest absolute Gasteiger partial charge is 0.369 e. The Morgan fingerprint density at radius 3 is 2.33 bits per heavy atom. The van der Waals surface area contributed by atoms with E-state index < -0.39 is 0 Å². The Kier molecular flexibility index (Phi) is 4.54. The van der Waals surface area contributed by atoms with E-state index in [0.717, 1.165) is 13.0 Å². The summed E-state index contributed by atoms with van der Waals surface area (Å²) >= 11 is 0. The quantitative estimate of drug-likeness (QED) is 0.747. The minimum absolute atomic E-state index is 0.0473. The second-order valence-corrected chi connectivity index (χ2v) is 4.58. The molecule has 0 fully saturated rings. The van der Waals surface area contributed by atoms with E-state index in [4.69, 9.17) is 4.74 Å². The maximum absolute atomic E-state index is 6.02. The Morgan fingerprint density at radius 1 is 0.944 bits per heavy atom. The Balaban J connectivity index is 2.31. The van der Waals surface area contributed by atoms with Crippen molar-refractivity contribution in [3.63, 3.8) is 0 Å². The van der Waals surface area contributed by atoms with Gasteiger partial charge in [-0.3, -0.25) is 0 Å². The van der Waals surface area contributed by atoms with E-state index in [1.807, 2.05) is 6.07 Å². The summed E-state index contributed by atoms with van der Waals surface area (Å²) in [5.74, 6) is 0. The van der Waals surface area contributed by atoms with E-state index >= 15 is 0 Å². The first kappa shape index (κ1) is 12.8. The van der Waals surface area contributed by atoms with Crippen LogP contribution in [-0.2, 0) is 4.74 Å². The highest BCUT2D eigenvalue weighted by Crippen LogP contribution is 2.26. The van der Waals surface area contributed by atoms with Gasteiger partial charge in [-0.15, -0.1) is 0 Å². The lowest BCUT2D eigenvalue weighted by atomic mass is 10.00. The average Bonchev–Trinajstić information content (AvgIpc) is 2.40. The van der Waals surface area contributed by atoms with Crippen LogP contribution >= 0.6 is 0 Å². The molecule has 2 rings (SSSR count).